The highest BCUT2D eigenvalue weighted by Crippen LogP contribution is 2.33. The average molecular weight is 985 g/mol. The van der Waals surface area contributed by atoms with Crippen molar-refractivity contribution in [2.75, 3.05) is 44.3 Å². The molecule has 0 bridgehead atoms. The SMILES string of the molecule is CC(=O)[C@H]1CCNC[C@H]1Cc1ccc(OCCc2nc(-c3ccccc3)oc2C)cc1.Cc1oc(-c2ccccc2)nc1CCOc1ccc(C[C@@H]2CN(c3nccc(C(F)(F)F)n3)CC[C@@H]2C(=O)O)cc1. The Morgan fingerprint density at radius 1 is 0.708 bits per heavy atom. The van der Waals surface area contributed by atoms with Gasteiger partial charge < -0.3 is 33.6 Å². The summed E-state index contributed by atoms with van der Waals surface area (Å²) in [5.41, 5.74) is 4.76. The third kappa shape index (κ3) is 13.5. The molecule has 0 saturated carbocycles. The lowest BCUT2D eigenvalue weighted by atomic mass is 9.80. The minimum Gasteiger partial charge on any atom is -0.493 e. The van der Waals surface area contributed by atoms with Gasteiger partial charge in [-0.3, -0.25) is 9.59 Å². The Morgan fingerprint density at radius 3 is 1.74 bits per heavy atom. The molecule has 16 heteroatoms. The van der Waals surface area contributed by atoms with Crippen LogP contribution in [0.15, 0.2) is 130 Å². The number of oxazole rings is 2. The third-order valence-electron chi connectivity index (χ3n) is 13.3. The lowest BCUT2D eigenvalue weighted by Gasteiger charge is -2.37. The average Bonchev–Trinajstić information content (AvgIpc) is 3.96. The van der Waals surface area contributed by atoms with Crippen LogP contribution in [0.5, 0.6) is 11.5 Å². The normalized spacial score (nSPS) is 17.9. The number of benzene rings is 4. The molecule has 0 radical (unpaired) electrons. The van der Waals surface area contributed by atoms with E-state index in [0.29, 0.717) is 61.7 Å². The van der Waals surface area contributed by atoms with E-state index in [-0.39, 0.29) is 37.3 Å². The molecule has 376 valence electrons. The van der Waals surface area contributed by atoms with Gasteiger partial charge in [0, 0.05) is 49.2 Å². The number of Topliss-reactive ketones (excluding diaryl/α,β-unsaturated/α-hetero) is 1. The Bertz CT molecular complexity index is 2860. The molecule has 72 heavy (non-hydrogen) atoms. The van der Waals surface area contributed by atoms with Crippen molar-refractivity contribution in [1.29, 1.82) is 0 Å². The van der Waals surface area contributed by atoms with Crippen LogP contribution < -0.4 is 19.7 Å². The van der Waals surface area contributed by atoms with Crippen LogP contribution in [-0.4, -0.2) is 76.2 Å². The van der Waals surface area contributed by atoms with Crippen LogP contribution in [0.1, 0.15) is 59.5 Å². The molecule has 3 aromatic heterocycles. The van der Waals surface area contributed by atoms with Crippen LogP contribution in [0.25, 0.3) is 22.9 Å². The highest BCUT2D eigenvalue weighted by molar-refractivity contribution is 5.78. The van der Waals surface area contributed by atoms with Gasteiger partial charge in [0.15, 0.2) is 0 Å². The molecule has 7 aromatic rings. The van der Waals surface area contributed by atoms with Crippen molar-refractivity contribution in [3.05, 3.63) is 161 Å². The largest absolute Gasteiger partial charge is 0.493 e. The fourth-order valence-corrected chi connectivity index (χ4v) is 9.39. The van der Waals surface area contributed by atoms with Gasteiger partial charge in [0.1, 0.15) is 34.5 Å². The second-order valence-electron chi connectivity index (χ2n) is 18.3. The Hall–Kier alpha value is -7.33. The number of carbonyl (C=O) groups excluding carboxylic acids is 1. The van der Waals surface area contributed by atoms with E-state index >= 15 is 0 Å². The second-order valence-corrected chi connectivity index (χ2v) is 18.3. The molecule has 2 aliphatic rings. The van der Waals surface area contributed by atoms with Crippen molar-refractivity contribution in [1.82, 2.24) is 25.3 Å². The summed E-state index contributed by atoms with van der Waals surface area (Å²) in [6.45, 7) is 8.82. The Balaban J connectivity index is 0.000000200. The first kappa shape index (κ1) is 51.0. The molecule has 0 aliphatic carbocycles. The molecule has 4 aromatic carbocycles. The maximum atomic E-state index is 13.1. The summed E-state index contributed by atoms with van der Waals surface area (Å²) >= 11 is 0. The van der Waals surface area contributed by atoms with Crippen LogP contribution in [-0.2, 0) is 41.4 Å². The van der Waals surface area contributed by atoms with E-state index in [2.05, 4.69) is 37.4 Å². The lowest BCUT2D eigenvalue weighted by Crippen LogP contribution is -2.45. The number of hydrogen-bond acceptors (Lipinski definition) is 12. The van der Waals surface area contributed by atoms with E-state index in [0.717, 1.165) is 83.5 Å². The van der Waals surface area contributed by atoms with E-state index < -0.39 is 23.8 Å². The third-order valence-corrected chi connectivity index (χ3v) is 13.3. The standard InChI is InChI=1S/C30H29F3N4O4.C26H30N2O3/c1-19-25(35-27(41-19)21-5-3-2-4-6-21)13-16-40-23-9-7-20(8-10-23)17-22-18-37(15-12-24(22)28(38)39)29-34-14-11-26(36-29)30(31,32)33;1-18(29)24-12-14-27-17-22(24)16-20-8-10-23(11-9-20)30-15-13-25-19(2)31-26(28-25)21-6-4-3-5-7-21/h2-11,14,22,24H,12-13,15-18H2,1H3,(H,38,39);3-11,22,24,27H,12-17H2,1-2H3/t22-,24+;22-,24-/m11/s1. The van der Waals surface area contributed by atoms with Gasteiger partial charge in [0.25, 0.3) is 0 Å². The molecule has 2 fully saturated rings. The highest BCUT2D eigenvalue weighted by atomic mass is 19.4. The number of alkyl halides is 3. The van der Waals surface area contributed by atoms with Crippen LogP contribution >= 0.6 is 0 Å². The summed E-state index contributed by atoms with van der Waals surface area (Å²) in [5.74, 6) is 3.23. The molecule has 0 spiro atoms. The smallest absolute Gasteiger partial charge is 0.433 e. The zero-order valence-electron chi connectivity index (χ0n) is 40.6. The number of piperidine rings is 2. The van der Waals surface area contributed by atoms with E-state index in [4.69, 9.17) is 18.3 Å². The maximum Gasteiger partial charge on any atom is 0.433 e. The van der Waals surface area contributed by atoms with Crippen LogP contribution in [0.2, 0.25) is 0 Å². The van der Waals surface area contributed by atoms with Crippen LogP contribution in [0.3, 0.4) is 0 Å². The number of hydrogen-bond donors (Lipinski definition) is 2. The van der Waals surface area contributed by atoms with Gasteiger partial charge in [-0.15, -0.1) is 0 Å². The fourth-order valence-electron chi connectivity index (χ4n) is 9.39. The number of aryl methyl sites for hydroxylation is 2. The van der Waals surface area contributed by atoms with Gasteiger partial charge in [-0.25, -0.2) is 19.9 Å². The number of aromatic nitrogens is 4. The molecule has 5 heterocycles. The Morgan fingerprint density at radius 2 is 1.24 bits per heavy atom. The Kier molecular flexibility index (Phi) is 16.8. The number of rotatable bonds is 17. The minimum atomic E-state index is -4.58. The number of nitrogens with one attached hydrogen (secondary N) is 1. The van der Waals surface area contributed by atoms with Gasteiger partial charge in [-0.05, 0) is 137 Å². The summed E-state index contributed by atoms with van der Waals surface area (Å²) in [6, 6.07) is 36.1. The number of halogens is 3. The first-order chi connectivity index (χ1) is 34.8. The minimum absolute atomic E-state index is 0.0457. The molecule has 2 saturated heterocycles. The van der Waals surface area contributed by atoms with Gasteiger partial charge in [0.2, 0.25) is 17.7 Å². The van der Waals surface area contributed by atoms with Crippen LogP contribution in [0, 0.1) is 37.5 Å². The first-order valence-electron chi connectivity index (χ1n) is 24.3. The molecule has 0 unspecified atom stereocenters. The topological polar surface area (TPSA) is 166 Å². The second kappa shape index (κ2) is 23.7. The molecule has 13 nitrogen and oxygen atoms in total. The molecule has 4 atom stereocenters. The van der Waals surface area contributed by atoms with Gasteiger partial charge in [-0.1, -0.05) is 60.7 Å². The zero-order valence-corrected chi connectivity index (χ0v) is 40.6. The van der Waals surface area contributed by atoms with Gasteiger partial charge in [0.05, 0.1) is 30.5 Å². The van der Waals surface area contributed by atoms with Crippen molar-refractivity contribution < 1.29 is 46.2 Å². The summed E-state index contributed by atoms with van der Waals surface area (Å²) < 4.78 is 62.9. The quantitative estimate of drug-likeness (QED) is 0.0886. The van der Waals surface area contributed by atoms with E-state index in [1.165, 1.54) is 5.56 Å². The highest BCUT2D eigenvalue weighted by Gasteiger charge is 2.37. The van der Waals surface area contributed by atoms with Crippen molar-refractivity contribution in [3.8, 4) is 34.4 Å². The van der Waals surface area contributed by atoms with Crippen molar-refractivity contribution in [2.45, 2.75) is 65.5 Å². The number of nitrogens with zero attached hydrogens (tertiary/aromatic N) is 5. The molecular formula is C56H59F3N6O7. The molecule has 0 amide bonds. The molecule has 2 aliphatic heterocycles. The Labute approximate surface area is 416 Å². The van der Waals surface area contributed by atoms with E-state index in [9.17, 15) is 27.9 Å². The number of anilines is 1. The number of carbonyl (C=O) groups is 2. The fraction of sp³-hybridized carbons (Fsp3) is 0.357. The number of carboxylic acids is 1. The summed E-state index contributed by atoms with van der Waals surface area (Å²) in [4.78, 5) is 42.4. The lowest BCUT2D eigenvalue weighted by molar-refractivity contribution is -0.144. The predicted octanol–water partition coefficient (Wildman–Crippen LogP) is 10.5. The molecular weight excluding hydrogens is 926 g/mol. The number of ketones is 1. The van der Waals surface area contributed by atoms with Crippen molar-refractivity contribution in [3.63, 3.8) is 0 Å². The van der Waals surface area contributed by atoms with E-state index in [1.807, 2.05) is 111 Å². The van der Waals surface area contributed by atoms with Gasteiger partial charge >= 0.3 is 12.1 Å². The van der Waals surface area contributed by atoms with Crippen molar-refractivity contribution >= 4 is 17.7 Å². The summed E-state index contributed by atoms with van der Waals surface area (Å²) in [7, 11) is 0. The summed E-state index contributed by atoms with van der Waals surface area (Å²) in [5, 5.41) is 13.2. The van der Waals surface area contributed by atoms with Crippen LogP contribution in [0.4, 0.5) is 19.1 Å². The van der Waals surface area contributed by atoms with Gasteiger partial charge in [-0.2, -0.15) is 13.2 Å². The number of aliphatic carboxylic acids is 1. The number of carboxylic acid groups (broad SMARTS) is 1. The van der Waals surface area contributed by atoms with Crippen molar-refractivity contribution in [2.24, 2.45) is 23.7 Å². The predicted molar refractivity (Wildman–Crippen MR) is 266 cm³/mol. The number of ether oxygens (including phenoxy) is 2. The maximum absolute atomic E-state index is 13.1. The first-order valence-corrected chi connectivity index (χ1v) is 24.3. The monoisotopic (exact) mass is 984 g/mol. The zero-order chi connectivity index (χ0) is 50.6. The molecule has 9 rings (SSSR count). The molecule has 2 N–H and O–H groups in total. The summed E-state index contributed by atoms with van der Waals surface area (Å²) in [6.07, 6.45) is 0.333. The van der Waals surface area contributed by atoms with E-state index in [1.54, 1.807) is 11.8 Å².